The molecule has 1 fully saturated rings. The maximum atomic E-state index is 10.4. The monoisotopic (exact) mass is 405 g/mol. The van der Waals surface area contributed by atoms with Gasteiger partial charge in [0.25, 0.3) is 0 Å². The van der Waals surface area contributed by atoms with Crippen LogP contribution in [0.25, 0.3) is 11.2 Å². The van der Waals surface area contributed by atoms with Crippen molar-refractivity contribution in [1.82, 2.24) is 19.5 Å². The number of hydrogen-bond acceptors (Lipinski definition) is 7. The van der Waals surface area contributed by atoms with E-state index in [1.165, 1.54) is 6.42 Å². The Hall–Kier alpha value is -1.77. The normalized spacial score (nSPS) is 22.3. The lowest BCUT2D eigenvalue weighted by Crippen LogP contribution is -2.28. The van der Waals surface area contributed by atoms with Crippen LogP contribution in [0.4, 0.5) is 5.82 Å². The summed E-state index contributed by atoms with van der Waals surface area (Å²) in [5.41, 5.74) is 1.38. The first-order chi connectivity index (χ1) is 13.9. The fraction of sp³-hybridized carbons (Fsp3) is 0.762. The molecule has 0 aliphatic carbocycles. The van der Waals surface area contributed by atoms with E-state index in [2.05, 4.69) is 47.5 Å². The van der Waals surface area contributed by atoms with Crippen LogP contribution >= 0.6 is 0 Å². The molecule has 29 heavy (non-hydrogen) atoms. The Bertz CT molecular complexity index is 779. The van der Waals surface area contributed by atoms with E-state index in [1.807, 2.05) is 0 Å². The summed E-state index contributed by atoms with van der Waals surface area (Å²) >= 11 is 0. The molecule has 0 radical (unpaired) electrons. The molecule has 3 atom stereocenters. The Morgan fingerprint density at radius 3 is 2.55 bits per heavy atom. The van der Waals surface area contributed by atoms with Crippen LogP contribution in [0.15, 0.2) is 12.7 Å². The summed E-state index contributed by atoms with van der Waals surface area (Å²) in [6, 6.07) is 0. The average molecular weight is 406 g/mol. The highest BCUT2D eigenvalue weighted by Crippen LogP contribution is 2.32. The number of aliphatic hydroxyl groups excluding tert-OH is 2. The minimum absolute atomic E-state index is 0.112. The second-order valence-electron chi connectivity index (χ2n) is 8.86. The van der Waals surface area contributed by atoms with Gasteiger partial charge in [0.05, 0.1) is 19.0 Å². The number of hydrogen-bond donors (Lipinski definition) is 2. The minimum Gasteiger partial charge on any atom is -0.394 e. The zero-order valence-electron chi connectivity index (χ0n) is 18.0. The van der Waals surface area contributed by atoms with Gasteiger partial charge in [-0.1, -0.05) is 27.7 Å². The Morgan fingerprint density at radius 1 is 1.14 bits per heavy atom. The van der Waals surface area contributed by atoms with Gasteiger partial charge in [0.1, 0.15) is 12.4 Å². The van der Waals surface area contributed by atoms with Crippen molar-refractivity contribution in [3.63, 3.8) is 0 Å². The van der Waals surface area contributed by atoms with E-state index in [0.717, 1.165) is 37.3 Å². The fourth-order valence-electron chi connectivity index (χ4n) is 3.78. The van der Waals surface area contributed by atoms with Crippen molar-refractivity contribution < 1.29 is 14.9 Å². The number of aliphatic hydroxyl groups is 2. The number of ether oxygens (including phenoxy) is 1. The van der Waals surface area contributed by atoms with Crippen molar-refractivity contribution in [3.05, 3.63) is 12.7 Å². The van der Waals surface area contributed by atoms with Crippen LogP contribution in [0.1, 0.15) is 59.6 Å². The largest absolute Gasteiger partial charge is 0.394 e. The van der Waals surface area contributed by atoms with E-state index in [4.69, 9.17) is 4.74 Å². The van der Waals surface area contributed by atoms with Gasteiger partial charge in [-0.3, -0.25) is 4.57 Å². The quantitative estimate of drug-likeness (QED) is 0.627. The molecule has 3 heterocycles. The van der Waals surface area contributed by atoms with Crippen molar-refractivity contribution in [1.29, 1.82) is 0 Å². The average Bonchev–Trinajstić information content (AvgIpc) is 3.26. The van der Waals surface area contributed by atoms with E-state index < -0.39 is 12.3 Å². The lowest BCUT2D eigenvalue weighted by atomic mass is 10.1. The lowest BCUT2D eigenvalue weighted by Gasteiger charge is -2.25. The number of nitrogens with zero attached hydrogens (tertiary/aromatic N) is 5. The van der Waals surface area contributed by atoms with Crippen LogP contribution in [0.2, 0.25) is 0 Å². The topological polar surface area (TPSA) is 96.5 Å². The van der Waals surface area contributed by atoms with Gasteiger partial charge in [0.2, 0.25) is 0 Å². The molecular weight excluding hydrogens is 370 g/mol. The summed E-state index contributed by atoms with van der Waals surface area (Å²) in [7, 11) is 0. The predicted octanol–water partition coefficient (Wildman–Crippen LogP) is 2.76. The molecule has 0 bridgehead atoms. The first-order valence-corrected chi connectivity index (χ1v) is 10.8. The van der Waals surface area contributed by atoms with Gasteiger partial charge in [-0.05, 0) is 31.1 Å². The molecule has 0 spiro atoms. The Balaban J connectivity index is 1.87. The van der Waals surface area contributed by atoms with Crippen molar-refractivity contribution in [2.75, 3.05) is 24.6 Å². The van der Waals surface area contributed by atoms with E-state index in [1.54, 1.807) is 17.2 Å². The van der Waals surface area contributed by atoms with Crippen molar-refractivity contribution in [3.8, 4) is 0 Å². The highest BCUT2D eigenvalue weighted by molar-refractivity contribution is 5.83. The van der Waals surface area contributed by atoms with Crippen LogP contribution in [-0.4, -0.2) is 61.6 Å². The maximum Gasteiger partial charge on any atom is 0.167 e. The van der Waals surface area contributed by atoms with Crippen molar-refractivity contribution in [2.45, 2.75) is 71.8 Å². The van der Waals surface area contributed by atoms with Gasteiger partial charge in [-0.15, -0.1) is 0 Å². The number of fused-ring (bicyclic) bond motifs is 1. The SMILES string of the molecule is CC(C)CCCN(CCC(C)C)c1ncnc2c1ncn2C1OC(CO)CC1O. The summed E-state index contributed by atoms with van der Waals surface area (Å²) in [6.45, 7) is 10.7. The summed E-state index contributed by atoms with van der Waals surface area (Å²) in [5, 5.41) is 19.7. The fourth-order valence-corrected chi connectivity index (χ4v) is 3.78. The third-order valence-corrected chi connectivity index (χ3v) is 5.47. The minimum atomic E-state index is -0.703. The van der Waals surface area contributed by atoms with Gasteiger partial charge in [0, 0.05) is 19.5 Å². The van der Waals surface area contributed by atoms with Crippen LogP contribution in [0, 0.1) is 11.8 Å². The van der Waals surface area contributed by atoms with Gasteiger partial charge in [-0.25, -0.2) is 15.0 Å². The van der Waals surface area contributed by atoms with Gasteiger partial charge >= 0.3 is 0 Å². The molecule has 8 heteroatoms. The Labute approximate surface area is 172 Å². The van der Waals surface area contributed by atoms with E-state index >= 15 is 0 Å². The molecule has 0 aromatic carbocycles. The molecule has 2 aromatic rings. The van der Waals surface area contributed by atoms with Crippen LogP contribution in [-0.2, 0) is 4.74 Å². The third kappa shape index (κ3) is 5.24. The van der Waals surface area contributed by atoms with E-state index in [0.29, 0.717) is 23.9 Å². The predicted molar refractivity (Wildman–Crippen MR) is 113 cm³/mol. The van der Waals surface area contributed by atoms with Crippen LogP contribution in [0.5, 0.6) is 0 Å². The zero-order chi connectivity index (χ0) is 21.0. The molecule has 2 aromatic heterocycles. The third-order valence-electron chi connectivity index (χ3n) is 5.47. The molecule has 8 nitrogen and oxygen atoms in total. The Morgan fingerprint density at radius 2 is 1.90 bits per heavy atom. The first-order valence-electron chi connectivity index (χ1n) is 10.8. The molecule has 3 unspecified atom stereocenters. The summed E-state index contributed by atoms with van der Waals surface area (Å²) in [6.07, 6.45) is 5.31. The summed E-state index contributed by atoms with van der Waals surface area (Å²) in [5.74, 6) is 2.12. The summed E-state index contributed by atoms with van der Waals surface area (Å²) in [4.78, 5) is 15.9. The number of aromatic nitrogens is 4. The maximum absolute atomic E-state index is 10.4. The smallest absolute Gasteiger partial charge is 0.167 e. The number of imidazole rings is 1. The molecule has 3 rings (SSSR count). The van der Waals surface area contributed by atoms with Crippen LogP contribution in [0.3, 0.4) is 0 Å². The molecule has 2 N–H and O–H groups in total. The van der Waals surface area contributed by atoms with Crippen molar-refractivity contribution in [2.24, 2.45) is 11.8 Å². The Kier molecular flexibility index (Phi) is 7.43. The molecule has 1 aliphatic heterocycles. The highest BCUT2D eigenvalue weighted by Gasteiger charge is 2.36. The summed E-state index contributed by atoms with van der Waals surface area (Å²) < 4.78 is 7.55. The lowest BCUT2D eigenvalue weighted by molar-refractivity contribution is -0.0486. The molecule has 162 valence electrons. The molecule has 1 saturated heterocycles. The van der Waals surface area contributed by atoms with Gasteiger partial charge < -0.3 is 19.8 Å². The zero-order valence-corrected chi connectivity index (χ0v) is 18.0. The number of anilines is 1. The highest BCUT2D eigenvalue weighted by atomic mass is 16.5. The van der Waals surface area contributed by atoms with E-state index in [9.17, 15) is 10.2 Å². The molecule has 0 amide bonds. The van der Waals surface area contributed by atoms with Crippen molar-refractivity contribution >= 4 is 17.0 Å². The number of rotatable bonds is 10. The second kappa shape index (κ2) is 9.82. The molecule has 0 saturated carbocycles. The van der Waals surface area contributed by atoms with E-state index in [-0.39, 0.29) is 12.7 Å². The molecular formula is C21H35N5O3. The standard InChI is InChI=1S/C21H35N5O3/c1-14(2)6-5-8-25(9-7-15(3)4)19-18-20(23-12-22-19)26(13-24-18)21-17(28)10-16(11-27)29-21/h12-17,21,27-28H,5-11H2,1-4H3. The molecule has 1 aliphatic rings. The first kappa shape index (κ1) is 21.9. The van der Waals surface area contributed by atoms with Gasteiger partial charge in [-0.2, -0.15) is 0 Å². The van der Waals surface area contributed by atoms with Crippen LogP contribution < -0.4 is 4.90 Å². The second-order valence-corrected chi connectivity index (χ2v) is 8.86. The van der Waals surface area contributed by atoms with Gasteiger partial charge in [0.15, 0.2) is 23.2 Å².